The van der Waals surface area contributed by atoms with E-state index < -0.39 is 53.1 Å². The average Bonchev–Trinajstić information content (AvgIpc) is 3.75. The molecule has 2 heterocycles. The van der Waals surface area contributed by atoms with Gasteiger partial charge >= 0.3 is 6.18 Å². The van der Waals surface area contributed by atoms with Crippen LogP contribution in [-0.4, -0.2) is 58.1 Å². The highest BCUT2D eigenvalue weighted by molar-refractivity contribution is 6.42. The Morgan fingerprint density at radius 1 is 1.17 bits per heavy atom. The first-order valence-electron chi connectivity index (χ1n) is 13.9. The maximum atomic E-state index is 14.7. The Bertz CT molecular complexity index is 1820. The summed E-state index contributed by atoms with van der Waals surface area (Å²) in [5.41, 5.74) is 0.224. The van der Waals surface area contributed by atoms with Gasteiger partial charge in [-0.05, 0) is 50.1 Å². The van der Waals surface area contributed by atoms with Crippen LogP contribution in [0.25, 0.3) is 22.2 Å². The number of benzene rings is 2. The largest absolute Gasteiger partial charge is 0.494 e. The predicted molar refractivity (Wildman–Crippen MR) is 161 cm³/mol. The van der Waals surface area contributed by atoms with Crippen LogP contribution >= 0.6 is 23.2 Å². The Balaban J connectivity index is 1.58. The van der Waals surface area contributed by atoms with Gasteiger partial charge in [0.15, 0.2) is 0 Å². The van der Waals surface area contributed by atoms with Crippen LogP contribution in [0, 0.1) is 5.82 Å². The third-order valence-corrected chi connectivity index (χ3v) is 8.13. The molecule has 0 bridgehead atoms. The average molecular weight is 684 g/mol. The number of carbonyl (C=O) groups excluding carboxylic acids is 2. The van der Waals surface area contributed by atoms with Gasteiger partial charge < -0.3 is 25.6 Å². The fourth-order valence-corrected chi connectivity index (χ4v) is 5.21. The summed E-state index contributed by atoms with van der Waals surface area (Å²) in [6.45, 7) is 0.131. The zero-order chi connectivity index (χ0) is 33.6. The third kappa shape index (κ3) is 6.42. The van der Waals surface area contributed by atoms with Crippen molar-refractivity contribution in [3.8, 4) is 22.8 Å². The minimum Gasteiger partial charge on any atom is -0.494 e. The summed E-state index contributed by atoms with van der Waals surface area (Å²) < 4.78 is 71.5. The lowest BCUT2D eigenvalue weighted by molar-refractivity contribution is -0.265. The van der Waals surface area contributed by atoms with Gasteiger partial charge in [-0.3, -0.25) is 14.3 Å². The van der Waals surface area contributed by atoms with Gasteiger partial charge in [-0.1, -0.05) is 23.2 Å². The Labute approximate surface area is 269 Å². The number of primary amides is 1. The molecule has 0 saturated heterocycles. The van der Waals surface area contributed by atoms with Crippen LogP contribution in [0.3, 0.4) is 0 Å². The van der Waals surface area contributed by atoms with Crippen molar-refractivity contribution in [2.45, 2.75) is 44.0 Å². The Morgan fingerprint density at radius 2 is 1.89 bits per heavy atom. The number of nitrogens with two attached hydrogens (primary N) is 1. The van der Waals surface area contributed by atoms with Crippen molar-refractivity contribution < 1.29 is 41.7 Å². The molecule has 244 valence electrons. The summed E-state index contributed by atoms with van der Waals surface area (Å²) in [5.74, 6) is -2.87. The quantitative estimate of drug-likeness (QED) is 0.140. The number of carbonyl (C=O) groups is 2. The van der Waals surface area contributed by atoms with Gasteiger partial charge in [-0.15, -0.1) is 0 Å². The molecule has 1 fully saturated rings. The molecule has 0 aliphatic heterocycles. The second kappa shape index (κ2) is 12.6. The highest BCUT2D eigenvalue weighted by atomic mass is 35.5. The highest BCUT2D eigenvalue weighted by Gasteiger charge is 2.57. The van der Waals surface area contributed by atoms with Gasteiger partial charge in [0, 0.05) is 28.3 Å². The number of hydrogen-bond acceptors (Lipinski definition) is 7. The number of aliphatic hydroxyl groups is 1. The van der Waals surface area contributed by atoms with Crippen LogP contribution < -0.4 is 20.5 Å². The lowest BCUT2D eigenvalue weighted by Crippen LogP contribution is -2.51. The van der Waals surface area contributed by atoms with Crippen LogP contribution in [0.4, 0.5) is 17.6 Å². The number of fused-ring (bicyclic) bond motifs is 1. The van der Waals surface area contributed by atoms with E-state index in [1.165, 1.54) is 19.2 Å². The molecule has 5 rings (SSSR count). The van der Waals surface area contributed by atoms with Crippen molar-refractivity contribution in [1.29, 1.82) is 0 Å². The molecule has 46 heavy (non-hydrogen) atoms. The van der Waals surface area contributed by atoms with E-state index in [9.17, 15) is 32.3 Å². The second-order valence-electron chi connectivity index (χ2n) is 10.7. The van der Waals surface area contributed by atoms with Crippen LogP contribution in [-0.2, 0) is 16.8 Å². The molecule has 1 saturated carbocycles. The van der Waals surface area contributed by atoms with Crippen molar-refractivity contribution in [3.05, 3.63) is 69.2 Å². The van der Waals surface area contributed by atoms with Crippen molar-refractivity contribution >= 4 is 45.9 Å². The van der Waals surface area contributed by atoms with E-state index in [0.717, 1.165) is 31.0 Å². The highest BCUT2D eigenvalue weighted by Crippen LogP contribution is 2.43. The van der Waals surface area contributed by atoms with Gasteiger partial charge in [0.05, 0.1) is 48.5 Å². The van der Waals surface area contributed by atoms with E-state index in [0.29, 0.717) is 10.9 Å². The van der Waals surface area contributed by atoms with E-state index in [4.69, 9.17) is 38.4 Å². The second-order valence-corrected chi connectivity index (χ2v) is 11.5. The summed E-state index contributed by atoms with van der Waals surface area (Å²) in [7, 11) is 1.37. The van der Waals surface area contributed by atoms with Crippen LogP contribution in [0.1, 0.15) is 47.4 Å². The number of pyridine rings is 1. The number of aromatic nitrogens is 3. The minimum absolute atomic E-state index is 0.0312. The van der Waals surface area contributed by atoms with Gasteiger partial charge in [0.1, 0.15) is 28.5 Å². The Kier molecular flexibility index (Phi) is 9.08. The Morgan fingerprint density at radius 3 is 2.48 bits per heavy atom. The Hall–Kier alpha value is -4.14. The molecular weight excluding hydrogens is 657 g/mol. The molecule has 1 atom stereocenters. The maximum absolute atomic E-state index is 14.7. The molecule has 1 aliphatic carbocycles. The van der Waals surface area contributed by atoms with Gasteiger partial charge in [-0.2, -0.15) is 18.3 Å². The molecule has 1 unspecified atom stereocenters. The third-order valence-electron chi connectivity index (χ3n) is 7.35. The van der Waals surface area contributed by atoms with Crippen molar-refractivity contribution in [1.82, 2.24) is 20.1 Å². The lowest BCUT2D eigenvalue weighted by atomic mass is 9.93. The van der Waals surface area contributed by atoms with Gasteiger partial charge in [0.2, 0.25) is 11.5 Å². The van der Waals surface area contributed by atoms with E-state index >= 15 is 0 Å². The topological polar surface area (TPSA) is 142 Å². The number of halogens is 6. The zero-order valence-electron chi connectivity index (χ0n) is 24.3. The number of amides is 2. The number of nitrogens with one attached hydrogen (secondary N) is 1. The number of alkyl halides is 3. The van der Waals surface area contributed by atoms with E-state index in [-0.39, 0.29) is 51.6 Å². The van der Waals surface area contributed by atoms with Crippen LogP contribution in [0.15, 0.2) is 36.5 Å². The monoisotopic (exact) mass is 683 g/mol. The molecule has 16 heteroatoms. The molecule has 0 spiro atoms. The SMILES string of the molecule is CCOc1c(CC(N)=O)cc(C(O)(CNC(=O)c2cc(OC)c3nn(C4CC4)cc3c2)C(F)(F)F)nc1-c1cc(F)c(Cl)c(Cl)c1. The smallest absolute Gasteiger partial charge is 0.424 e. The van der Waals surface area contributed by atoms with Crippen molar-refractivity contribution in [2.24, 2.45) is 5.73 Å². The molecule has 2 aromatic heterocycles. The minimum atomic E-state index is -5.42. The molecule has 2 aromatic carbocycles. The maximum Gasteiger partial charge on any atom is 0.424 e. The normalized spacial score (nSPS) is 14.6. The number of methoxy groups -OCH3 is 1. The summed E-state index contributed by atoms with van der Waals surface area (Å²) in [6.07, 6.45) is -2.44. The molecule has 10 nitrogen and oxygen atoms in total. The summed E-state index contributed by atoms with van der Waals surface area (Å²) in [4.78, 5) is 29.2. The van der Waals surface area contributed by atoms with Crippen molar-refractivity contribution in [3.63, 3.8) is 0 Å². The molecule has 4 aromatic rings. The summed E-state index contributed by atoms with van der Waals surface area (Å²) in [5, 5.41) is 17.7. The summed E-state index contributed by atoms with van der Waals surface area (Å²) in [6, 6.07) is 5.80. The van der Waals surface area contributed by atoms with Crippen LogP contribution in [0.2, 0.25) is 10.0 Å². The standard InChI is InChI=1S/C30H27Cl2F4N5O5/c1-3-46-27-15(11-23(37)42)10-22(39-26(27)14-7-19(31)24(32)20(33)8-14)29(44,30(34,35)36)13-38-28(43)16-6-17-12-41(18-4-5-18)40-25(17)21(9-16)45-2/h6-10,12,18,44H,3-5,11,13H2,1-2H3,(H2,37,42)(H,38,43). The first-order valence-corrected chi connectivity index (χ1v) is 14.7. The molecule has 4 N–H and O–H groups in total. The van der Waals surface area contributed by atoms with Gasteiger partial charge in [0.25, 0.3) is 5.91 Å². The van der Waals surface area contributed by atoms with E-state index in [1.54, 1.807) is 17.8 Å². The number of rotatable bonds is 11. The van der Waals surface area contributed by atoms with Crippen molar-refractivity contribution in [2.75, 3.05) is 20.3 Å². The number of nitrogens with zero attached hydrogens (tertiary/aromatic N) is 3. The zero-order valence-corrected chi connectivity index (χ0v) is 25.9. The lowest BCUT2D eigenvalue weighted by Gasteiger charge is -2.31. The number of hydrogen-bond donors (Lipinski definition) is 3. The van der Waals surface area contributed by atoms with Gasteiger partial charge in [-0.25, -0.2) is 9.37 Å². The molecular formula is C30H27Cl2F4N5O5. The predicted octanol–water partition coefficient (Wildman–Crippen LogP) is 5.49. The van der Waals surface area contributed by atoms with Crippen LogP contribution in [0.5, 0.6) is 11.5 Å². The molecule has 2 amide bonds. The molecule has 0 radical (unpaired) electrons. The summed E-state index contributed by atoms with van der Waals surface area (Å²) >= 11 is 11.9. The van der Waals surface area contributed by atoms with E-state index in [2.05, 4.69) is 15.4 Å². The first kappa shape index (κ1) is 33.2. The fraction of sp³-hybridized carbons (Fsp3) is 0.333. The first-order chi connectivity index (χ1) is 21.7. The number of ether oxygens (including phenoxy) is 2. The fourth-order valence-electron chi connectivity index (χ4n) is 4.89. The van der Waals surface area contributed by atoms with E-state index in [1.807, 2.05) is 0 Å². The molecule has 1 aliphatic rings.